The highest BCUT2D eigenvalue weighted by Crippen LogP contribution is 2.25. The monoisotopic (exact) mass is 438 g/mol. The minimum atomic E-state index is -0.780. The summed E-state index contributed by atoms with van der Waals surface area (Å²) in [6.07, 6.45) is 1.78. The maximum atomic E-state index is 13.6. The van der Waals surface area contributed by atoms with Crippen molar-refractivity contribution < 1.29 is 14.0 Å². The molecule has 1 N–H and O–H groups in total. The molecule has 0 aliphatic rings. The van der Waals surface area contributed by atoms with Gasteiger partial charge in [0.25, 0.3) is 0 Å². The first-order valence-electron chi connectivity index (χ1n) is 10.9. The summed E-state index contributed by atoms with van der Waals surface area (Å²) in [4.78, 5) is 28.7. The summed E-state index contributed by atoms with van der Waals surface area (Å²) in [5, 5.41) is 2.94. The van der Waals surface area contributed by atoms with E-state index in [0.717, 1.165) is 16.7 Å². The second-order valence-corrected chi connectivity index (χ2v) is 7.78. The minimum absolute atomic E-state index is 0.118. The summed E-state index contributed by atoms with van der Waals surface area (Å²) in [6.45, 7) is 0.571. The Bertz CT molecular complexity index is 1140. The van der Waals surface area contributed by atoms with Gasteiger partial charge in [0.2, 0.25) is 11.8 Å². The third-order valence-electron chi connectivity index (χ3n) is 5.41. The first-order chi connectivity index (χ1) is 16.2. The van der Waals surface area contributed by atoms with E-state index >= 15 is 0 Å². The van der Waals surface area contributed by atoms with Gasteiger partial charge in [0, 0.05) is 6.54 Å². The lowest BCUT2D eigenvalue weighted by atomic mass is 10.0. The molecule has 4 rings (SSSR count). The molecule has 0 unspecified atom stereocenters. The van der Waals surface area contributed by atoms with E-state index in [9.17, 15) is 9.59 Å². The smallest absolute Gasteiger partial charge is 0.247 e. The molecule has 4 aromatic rings. The number of rotatable bonds is 9. The molecule has 3 aromatic carbocycles. The number of benzene rings is 3. The van der Waals surface area contributed by atoms with Crippen LogP contribution in [0.15, 0.2) is 114 Å². The van der Waals surface area contributed by atoms with Crippen LogP contribution in [0.25, 0.3) is 0 Å². The maximum Gasteiger partial charge on any atom is 0.247 e. The number of nitrogens with zero attached hydrogens (tertiary/aromatic N) is 1. The van der Waals surface area contributed by atoms with Crippen molar-refractivity contribution in [3.63, 3.8) is 0 Å². The first-order valence-corrected chi connectivity index (χ1v) is 10.9. The highest BCUT2D eigenvalue weighted by molar-refractivity contribution is 5.89. The lowest BCUT2D eigenvalue weighted by Gasteiger charge is -2.31. The van der Waals surface area contributed by atoms with Gasteiger partial charge >= 0.3 is 0 Å². The van der Waals surface area contributed by atoms with Gasteiger partial charge in [0.1, 0.15) is 11.8 Å². The van der Waals surface area contributed by atoms with Gasteiger partial charge in [0.05, 0.1) is 19.2 Å². The van der Waals surface area contributed by atoms with Crippen LogP contribution >= 0.6 is 0 Å². The lowest BCUT2D eigenvalue weighted by Crippen LogP contribution is -2.43. The van der Waals surface area contributed by atoms with Crippen LogP contribution in [-0.2, 0) is 29.1 Å². The average Bonchev–Trinajstić information content (AvgIpc) is 3.38. The summed E-state index contributed by atoms with van der Waals surface area (Å²) < 4.78 is 5.36. The zero-order chi connectivity index (χ0) is 22.9. The molecule has 0 aliphatic heterocycles. The van der Waals surface area contributed by atoms with Crippen molar-refractivity contribution >= 4 is 11.8 Å². The molecule has 5 nitrogen and oxygen atoms in total. The third-order valence-corrected chi connectivity index (χ3v) is 5.41. The number of amides is 2. The fourth-order valence-electron chi connectivity index (χ4n) is 3.77. The molecule has 5 heteroatoms. The number of hydrogen-bond donors (Lipinski definition) is 1. The predicted molar refractivity (Wildman–Crippen MR) is 127 cm³/mol. The molecule has 1 atom stereocenters. The van der Waals surface area contributed by atoms with Gasteiger partial charge in [-0.2, -0.15) is 0 Å². The van der Waals surface area contributed by atoms with E-state index in [1.54, 1.807) is 23.3 Å². The van der Waals surface area contributed by atoms with Crippen LogP contribution in [0.2, 0.25) is 0 Å². The van der Waals surface area contributed by atoms with E-state index in [1.807, 2.05) is 91.0 Å². The van der Waals surface area contributed by atoms with E-state index in [2.05, 4.69) is 5.32 Å². The number of hydrogen-bond acceptors (Lipinski definition) is 3. The van der Waals surface area contributed by atoms with Crippen LogP contribution in [0.1, 0.15) is 28.5 Å². The number of nitrogens with one attached hydrogen (secondary N) is 1. The Hall–Kier alpha value is -4.12. The Morgan fingerprint density at radius 2 is 1.36 bits per heavy atom. The van der Waals surface area contributed by atoms with E-state index < -0.39 is 6.04 Å². The van der Waals surface area contributed by atoms with Crippen molar-refractivity contribution in [2.45, 2.75) is 25.6 Å². The number of carbonyl (C=O) groups excluding carboxylic acids is 2. The fourth-order valence-corrected chi connectivity index (χ4v) is 3.77. The van der Waals surface area contributed by atoms with Crippen molar-refractivity contribution in [1.29, 1.82) is 0 Å². The Morgan fingerprint density at radius 1 is 0.758 bits per heavy atom. The number of furan rings is 1. The molecule has 1 aromatic heterocycles. The van der Waals surface area contributed by atoms with E-state index in [0.29, 0.717) is 12.3 Å². The summed E-state index contributed by atoms with van der Waals surface area (Å²) in [6, 6.07) is 31.5. The van der Waals surface area contributed by atoms with Gasteiger partial charge in [-0.15, -0.1) is 0 Å². The largest absolute Gasteiger partial charge is 0.467 e. The molecule has 0 aliphatic carbocycles. The van der Waals surface area contributed by atoms with E-state index in [1.165, 1.54) is 0 Å². The van der Waals surface area contributed by atoms with Gasteiger partial charge in [-0.3, -0.25) is 9.59 Å². The van der Waals surface area contributed by atoms with Crippen LogP contribution in [-0.4, -0.2) is 16.7 Å². The molecule has 166 valence electrons. The number of carbonyl (C=O) groups is 2. The average molecular weight is 439 g/mol. The van der Waals surface area contributed by atoms with E-state index in [-0.39, 0.29) is 24.8 Å². The van der Waals surface area contributed by atoms with Crippen molar-refractivity contribution in [2.24, 2.45) is 0 Å². The highest BCUT2D eigenvalue weighted by atomic mass is 16.3. The molecule has 33 heavy (non-hydrogen) atoms. The predicted octanol–water partition coefficient (Wildman–Crippen LogP) is 4.91. The Morgan fingerprint density at radius 3 is 1.97 bits per heavy atom. The zero-order valence-electron chi connectivity index (χ0n) is 18.3. The van der Waals surface area contributed by atoms with Gasteiger partial charge in [-0.1, -0.05) is 91.0 Å². The molecule has 0 bridgehead atoms. The summed E-state index contributed by atoms with van der Waals surface area (Å²) in [5.41, 5.74) is 2.62. The molecule has 0 saturated heterocycles. The molecule has 0 fully saturated rings. The Kier molecular flexibility index (Phi) is 7.33. The van der Waals surface area contributed by atoms with Crippen LogP contribution in [0.3, 0.4) is 0 Å². The highest BCUT2D eigenvalue weighted by Gasteiger charge is 2.31. The summed E-state index contributed by atoms with van der Waals surface area (Å²) in [7, 11) is 0. The normalized spacial score (nSPS) is 11.5. The zero-order valence-corrected chi connectivity index (χ0v) is 18.3. The van der Waals surface area contributed by atoms with Gasteiger partial charge in [0.15, 0.2) is 0 Å². The molecular formula is C28H26N2O3. The lowest BCUT2D eigenvalue weighted by molar-refractivity contribution is -0.141. The summed E-state index contributed by atoms with van der Waals surface area (Å²) >= 11 is 0. The fraction of sp³-hybridized carbons (Fsp3) is 0.143. The Balaban J connectivity index is 1.66. The second-order valence-electron chi connectivity index (χ2n) is 7.78. The van der Waals surface area contributed by atoms with Gasteiger partial charge in [-0.25, -0.2) is 0 Å². The maximum absolute atomic E-state index is 13.6. The molecule has 2 amide bonds. The van der Waals surface area contributed by atoms with Crippen molar-refractivity contribution in [3.8, 4) is 0 Å². The minimum Gasteiger partial charge on any atom is -0.467 e. The SMILES string of the molecule is O=C(NCc1ccco1)[C@@H](c1ccccc1)N(Cc1ccccc1)C(=O)Cc1ccccc1. The van der Waals surface area contributed by atoms with Crippen LogP contribution in [0.5, 0.6) is 0 Å². The van der Waals surface area contributed by atoms with Gasteiger partial charge in [-0.05, 0) is 28.8 Å². The molecule has 1 heterocycles. The first kappa shape index (κ1) is 22.1. The molecule has 0 spiro atoms. The van der Waals surface area contributed by atoms with E-state index in [4.69, 9.17) is 4.42 Å². The second kappa shape index (κ2) is 11.0. The quantitative estimate of drug-likeness (QED) is 0.404. The van der Waals surface area contributed by atoms with Crippen LogP contribution in [0.4, 0.5) is 0 Å². The van der Waals surface area contributed by atoms with Crippen molar-refractivity contribution in [3.05, 3.63) is 132 Å². The molecule has 0 saturated carbocycles. The third kappa shape index (κ3) is 5.98. The summed E-state index contributed by atoms with van der Waals surface area (Å²) in [5.74, 6) is 0.280. The Labute approximate surface area is 193 Å². The topological polar surface area (TPSA) is 62.6 Å². The van der Waals surface area contributed by atoms with Crippen LogP contribution in [0, 0.1) is 0 Å². The standard InChI is InChI=1S/C28H26N2O3/c31-26(19-22-11-4-1-5-12-22)30(21-23-13-6-2-7-14-23)27(24-15-8-3-9-16-24)28(32)29-20-25-17-10-18-33-25/h1-18,27H,19-21H2,(H,29,32)/t27-/m1/s1. The van der Waals surface area contributed by atoms with Crippen molar-refractivity contribution in [1.82, 2.24) is 10.2 Å². The molecule has 0 radical (unpaired) electrons. The van der Waals surface area contributed by atoms with Crippen LogP contribution < -0.4 is 5.32 Å². The van der Waals surface area contributed by atoms with Crippen molar-refractivity contribution in [2.75, 3.05) is 0 Å². The van der Waals surface area contributed by atoms with Gasteiger partial charge < -0.3 is 14.6 Å². The molecular weight excluding hydrogens is 412 g/mol.